The Balaban J connectivity index is 1.41. The van der Waals surface area contributed by atoms with Gasteiger partial charge in [-0.3, -0.25) is 15.1 Å². The molecule has 0 fully saturated rings. The highest BCUT2D eigenvalue weighted by Gasteiger charge is 2.14. The SMILES string of the molecule is O=[N+]([O-])c1ccc(-c2nnc(CSc3nnc(-c4cccnc4)o3)o2)cc1. The molecule has 1 aromatic carbocycles. The Morgan fingerprint density at radius 3 is 2.48 bits per heavy atom. The number of hydrogen-bond acceptors (Lipinski definition) is 10. The molecule has 0 amide bonds. The molecule has 11 heteroatoms. The van der Waals surface area contributed by atoms with Crippen molar-refractivity contribution in [3.63, 3.8) is 0 Å². The van der Waals surface area contributed by atoms with E-state index in [4.69, 9.17) is 8.83 Å². The summed E-state index contributed by atoms with van der Waals surface area (Å²) in [5.74, 6) is 1.37. The number of pyridine rings is 1. The summed E-state index contributed by atoms with van der Waals surface area (Å²) in [6.45, 7) is 0. The fourth-order valence-corrected chi connectivity index (χ4v) is 2.75. The first-order valence-corrected chi connectivity index (χ1v) is 8.61. The van der Waals surface area contributed by atoms with Gasteiger partial charge in [-0.25, -0.2) is 0 Å². The highest BCUT2D eigenvalue weighted by atomic mass is 32.2. The van der Waals surface area contributed by atoms with Crippen molar-refractivity contribution in [3.05, 3.63) is 64.8 Å². The molecule has 10 nitrogen and oxygen atoms in total. The molecular weight excluding hydrogens is 372 g/mol. The van der Waals surface area contributed by atoms with Crippen LogP contribution in [-0.2, 0) is 5.75 Å². The first-order valence-electron chi connectivity index (χ1n) is 7.63. The molecular formula is C16H10N6O4S. The molecule has 0 spiro atoms. The van der Waals surface area contributed by atoms with Crippen LogP contribution >= 0.6 is 11.8 Å². The average molecular weight is 382 g/mol. The van der Waals surface area contributed by atoms with Crippen LogP contribution in [-0.4, -0.2) is 30.3 Å². The van der Waals surface area contributed by atoms with Crippen molar-refractivity contribution < 1.29 is 13.8 Å². The van der Waals surface area contributed by atoms with Gasteiger partial charge in [0, 0.05) is 30.1 Å². The second-order valence-corrected chi connectivity index (χ2v) is 6.14. The van der Waals surface area contributed by atoms with Gasteiger partial charge in [0.25, 0.3) is 10.9 Å². The molecule has 0 aliphatic heterocycles. The van der Waals surface area contributed by atoms with E-state index in [1.807, 2.05) is 6.07 Å². The van der Waals surface area contributed by atoms with Crippen LogP contribution in [0, 0.1) is 10.1 Å². The Morgan fingerprint density at radius 2 is 1.74 bits per heavy atom. The Kier molecular flexibility index (Phi) is 4.58. The molecule has 0 saturated heterocycles. The zero-order valence-corrected chi connectivity index (χ0v) is 14.4. The van der Waals surface area contributed by atoms with Crippen molar-refractivity contribution in [2.75, 3.05) is 0 Å². The Bertz CT molecular complexity index is 1060. The van der Waals surface area contributed by atoms with Gasteiger partial charge in [0.05, 0.1) is 16.2 Å². The fourth-order valence-electron chi connectivity index (χ4n) is 2.15. The topological polar surface area (TPSA) is 134 Å². The zero-order valence-electron chi connectivity index (χ0n) is 13.6. The minimum Gasteiger partial charge on any atom is -0.420 e. The predicted molar refractivity (Wildman–Crippen MR) is 93.5 cm³/mol. The largest absolute Gasteiger partial charge is 0.420 e. The molecule has 3 heterocycles. The summed E-state index contributed by atoms with van der Waals surface area (Å²) in [4.78, 5) is 14.2. The molecule has 0 aliphatic rings. The van der Waals surface area contributed by atoms with Gasteiger partial charge >= 0.3 is 0 Å². The molecule has 0 aliphatic carbocycles. The Morgan fingerprint density at radius 1 is 0.963 bits per heavy atom. The number of nitro groups is 1. The van der Waals surface area contributed by atoms with Crippen LogP contribution in [0.15, 0.2) is 62.8 Å². The van der Waals surface area contributed by atoms with E-state index in [0.717, 1.165) is 5.56 Å². The highest BCUT2D eigenvalue weighted by molar-refractivity contribution is 7.98. The van der Waals surface area contributed by atoms with Crippen LogP contribution in [0.5, 0.6) is 0 Å². The third kappa shape index (κ3) is 3.82. The quantitative estimate of drug-likeness (QED) is 0.277. The zero-order chi connectivity index (χ0) is 18.6. The summed E-state index contributed by atoms with van der Waals surface area (Å²) in [5, 5.41) is 26.9. The van der Waals surface area contributed by atoms with E-state index in [-0.39, 0.29) is 11.6 Å². The van der Waals surface area contributed by atoms with Gasteiger partial charge in [-0.1, -0.05) is 11.8 Å². The maximum absolute atomic E-state index is 10.7. The highest BCUT2D eigenvalue weighted by Crippen LogP contribution is 2.26. The molecule has 0 atom stereocenters. The molecule has 0 bridgehead atoms. The molecule has 0 radical (unpaired) electrons. The number of nitro benzene ring substituents is 1. The van der Waals surface area contributed by atoms with Crippen molar-refractivity contribution in [3.8, 4) is 22.9 Å². The van der Waals surface area contributed by atoms with Gasteiger partial charge in [-0.15, -0.1) is 20.4 Å². The van der Waals surface area contributed by atoms with Crippen molar-refractivity contribution in [2.24, 2.45) is 0 Å². The van der Waals surface area contributed by atoms with Crippen molar-refractivity contribution >= 4 is 17.4 Å². The monoisotopic (exact) mass is 382 g/mol. The number of hydrogen-bond donors (Lipinski definition) is 0. The van der Waals surface area contributed by atoms with E-state index in [9.17, 15) is 10.1 Å². The lowest BCUT2D eigenvalue weighted by atomic mass is 10.2. The predicted octanol–water partition coefficient (Wildman–Crippen LogP) is 3.38. The standard InChI is InChI=1S/C16H10N6O4S/c23-22(24)12-5-3-10(4-6-12)14-19-18-13(25-14)9-27-16-21-20-15(26-16)11-2-1-7-17-8-11/h1-8H,9H2. The van der Waals surface area contributed by atoms with Gasteiger partial charge in [0.1, 0.15) is 0 Å². The number of benzene rings is 1. The maximum Gasteiger partial charge on any atom is 0.277 e. The third-order valence-electron chi connectivity index (χ3n) is 3.43. The van der Waals surface area contributed by atoms with E-state index >= 15 is 0 Å². The van der Waals surface area contributed by atoms with Gasteiger partial charge in [0.15, 0.2) is 0 Å². The number of thioether (sulfide) groups is 1. The number of aromatic nitrogens is 5. The smallest absolute Gasteiger partial charge is 0.277 e. The van der Waals surface area contributed by atoms with Crippen LogP contribution in [0.2, 0.25) is 0 Å². The van der Waals surface area contributed by atoms with Gasteiger partial charge in [-0.2, -0.15) is 0 Å². The van der Waals surface area contributed by atoms with Crippen LogP contribution in [0.4, 0.5) is 5.69 Å². The van der Waals surface area contributed by atoms with E-state index in [0.29, 0.717) is 28.3 Å². The van der Waals surface area contributed by atoms with E-state index in [1.165, 1.54) is 23.9 Å². The Hall–Kier alpha value is -3.60. The summed E-state index contributed by atoms with van der Waals surface area (Å²) in [7, 11) is 0. The first kappa shape index (κ1) is 16.8. The second kappa shape index (κ2) is 7.33. The number of rotatable bonds is 6. The molecule has 0 unspecified atom stereocenters. The van der Waals surface area contributed by atoms with Crippen molar-refractivity contribution in [1.82, 2.24) is 25.4 Å². The minimum absolute atomic E-state index is 0.00476. The molecule has 27 heavy (non-hydrogen) atoms. The normalized spacial score (nSPS) is 10.8. The molecule has 0 N–H and O–H groups in total. The molecule has 4 rings (SSSR count). The summed E-state index contributed by atoms with van der Waals surface area (Å²) in [6, 6.07) is 9.48. The lowest BCUT2D eigenvalue weighted by Gasteiger charge is -1.94. The van der Waals surface area contributed by atoms with Gasteiger partial charge in [0.2, 0.25) is 17.7 Å². The minimum atomic E-state index is -0.468. The van der Waals surface area contributed by atoms with E-state index in [1.54, 1.807) is 30.6 Å². The lowest BCUT2D eigenvalue weighted by molar-refractivity contribution is -0.384. The van der Waals surface area contributed by atoms with Gasteiger partial charge < -0.3 is 8.83 Å². The van der Waals surface area contributed by atoms with Crippen molar-refractivity contribution in [2.45, 2.75) is 11.0 Å². The van der Waals surface area contributed by atoms with Crippen LogP contribution in [0.25, 0.3) is 22.9 Å². The van der Waals surface area contributed by atoms with Crippen LogP contribution in [0.1, 0.15) is 5.89 Å². The number of nitrogens with zero attached hydrogens (tertiary/aromatic N) is 6. The molecule has 4 aromatic rings. The third-order valence-corrected chi connectivity index (χ3v) is 4.23. The van der Waals surface area contributed by atoms with Crippen LogP contribution in [0.3, 0.4) is 0 Å². The first-order chi connectivity index (χ1) is 13.2. The lowest BCUT2D eigenvalue weighted by Crippen LogP contribution is -1.87. The van der Waals surface area contributed by atoms with E-state index < -0.39 is 4.92 Å². The summed E-state index contributed by atoms with van der Waals surface area (Å²) >= 11 is 1.26. The summed E-state index contributed by atoms with van der Waals surface area (Å²) < 4.78 is 11.1. The average Bonchev–Trinajstić information content (AvgIpc) is 3.37. The summed E-state index contributed by atoms with van der Waals surface area (Å²) in [6.07, 6.45) is 3.30. The van der Waals surface area contributed by atoms with E-state index in [2.05, 4.69) is 25.4 Å². The maximum atomic E-state index is 10.7. The molecule has 134 valence electrons. The summed E-state index contributed by atoms with van der Waals surface area (Å²) in [5.41, 5.74) is 1.32. The van der Waals surface area contributed by atoms with Crippen molar-refractivity contribution in [1.29, 1.82) is 0 Å². The van der Waals surface area contributed by atoms with Crippen LogP contribution < -0.4 is 0 Å². The second-order valence-electron chi connectivity index (χ2n) is 5.21. The number of non-ortho nitro benzene ring substituents is 1. The molecule has 3 aromatic heterocycles. The fraction of sp³-hybridized carbons (Fsp3) is 0.0625. The van der Waals surface area contributed by atoms with Gasteiger partial charge in [-0.05, 0) is 24.3 Å². The molecule has 0 saturated carbocycles. The Labute approximate surface area is 155 Å².